The molecule has 0 bridgehead atoms. The summed E-state index contributed by atoms with van der Waals surface area (Å²) in [4.78, 5) is 11.1. The van der Waals surface area contributed by atoms with Gasteiger partial charge in [0.2, 0.25) is 5.88 Å². The fourth-order valence-electron chi connectivity index (χ4n) is 2.41. The van der Waals surface area contributed by atoms with Crippen LogP contribution in [0.25, 0.3) is 0 Å². The van der Waals surface area contributed by atoms with Crippen LogP contribution >= 0.6 is 11.6 Å². The van der Waals surface area contributed by atoms with Crippen molar-refractivity contribution in [3.63, 3.8) is 0 Å². The smallest absolute Gasteiger partial charge is 0.234 e. The molecule has 0 spiro atoms. The first-order valence-corrected chi connectivity index (χ1v) is 7.55. The Labute approximate surface area is 120 Å². The average Bonchev–Trinajstić information content (AvgIpc) is 2.63. The molecule has 2 heterocycles. The number of halogens is 1. The van der Waals surface area contributed by atoms with Crippen LogP contribution in [-0.4, -0.2) is 34.5 Å². The maximum absolute atomic E-state index is 6.10. The molecule has 0 saturated carbocycles. The van der Waals surface area contributed by atoms with Crippen molar-refractivity contribution in [1.29, 1.82) is 0 Å². The lowest BCUT2D eigenvalue weighted by Crippen LogP contribution is -2.37. The van der Waals surface area contributed by atoms with Crippen LogP contribution in [0.2, 0.25) is 0 Å². The Morgan fingerprint density at radius 3 is 2.95 bits per heavy atom. The van der Waals surface area contributed by atoms with Gasteiger partial charge >= 0.3 is 0 Å². The van der Waals surface area contributed by atoms with Crippen LogP contribution in [-0.2, 0) is 0 Å². The van der Waals surface area contributed by atoms with Gasteiger partial charge in [0.15, 0.2) is 5.82 Å². The number of aromatic nitrogens is 2. The van der Waals surface area contributed by atoms with Gasteiger partial charge in [0.05, 0.1) is 18.5 Å². The fourth-order valence-corrected chi connectivity index (χ4v) is 2.74. The first-order chi connectivity index (χ1) is 9.20. The predicted molar refractivity (Wildman–Crippen MR) is 78.1 cm³/mol. The molecular weight excluding hydrogens is 262 g/mol. The third-order valence-electron chi connectivity index (χ3n) is 3.31. The second kappa shape index (κ2) is 6.94. The van der Waals surface area contributed by atoms with E-state index in [9.17, 15) is 0 Å². The maximum Gasteiger partial charge on any atom is 0.234 e. The van der Waals surface area contributed by atoms with E-state index in [0.717, 1.165) is 18.8 Å². The van der Waals surface area contributed by atoms with Crippen molar-refractivity contribution in [1.82, 2.24) is 9.97 Å². The van der Waals surface area contributed by atoms with E-state index in [-0.39, 0.29) is 6.10 Å². The molecule has 1 aliphatic rings. The number of nitrogens with zero attached hydrogens (tertiary/aromatic N) is 3. The van der Waals surface area contributed by atoms with Crippen LogP contribution in [0.5, 0.6) is 5.88 Å². The average molecular weight is 284 g/mol. The summed E-state index contributed by atoms with van der Waals surface area (Å²) < 4.78 is 5.61. The second-order valence-corrected chi connectivity index (χ2v) is 5.54. The van der Waals surface area contributed by atoms with E-state index in [2.05, 4.69) is 14.9 Å². The molecule has 1 aromatic heterocycles. The van der Waals surface area contributed by atoms with Gasteiger partial charge in [-0.15, -0.1) is 11.6 Å². The Bertz CT molecular complexity index is 400. The molecule has 19 heavy (non-hydrogen) atoms. The molecule has 106 valence electrons. The fraction of sp³-hybridized carbons (Fsp3) is 0.714. The van der Waals surface area contributed by atoms with Gasteiger partial charge in [-0.25, -0.2) is 0 Å². The van der Waals surface area contributed by atoms with Crippen molar-refractivity contribution in [2.75, 3.05) is 17.3 Å². The van der Waals surface area contributed by atoms with Gasteiger partial charge in [0, 0.05) is 18.5 Å². The Balaban J connectivity index is 2.18. The molecular formula is C14H22ClN3O. The van der Waals surface area contributed by atoms with Crippen molar-refractivity contribution in [2.24, 2.45) is 0 Å². The van der Waals surface area contributed by atoms with Gasteiger partial charge < -0.3 is 9.64 Å². The SMILES string of the molecule is CC(C)Oc1cncc(N2CCCCCC2CCl)n1. The van der Waals surface area contributed by atoms with Gasteiger partial charge in [0.25, 0.3) is 0 Å². The molecule has 1 atom stereocenters. The Kier molecular flexibility index (Phi) is 5.25. The van der Waals surface area contributed by atoms with E-state index in [1.165, 1.54) is 19.3 Å². The highest BCUT2D eigenvalue weighted by Gasteiger charge is 2.22. The van der Waals surface area contributed by atoms with Gasteiger partial charge in [-0.3, -0.25) is 4.98 Å². The molecule has 4 nitrogen and oxygen atoms in total. The summed E-state index contributed by atoms with van der Waals surface area (Å²) in [6, 6.07) is 0.354. The van der Waals surface area contributed by atoms with E-state index < -0.39 is 0 Å². The highest BCUT2D eigenvalue weighted by atomic mass is 35.5. The number of hydrogen-bond donors (Lipinski definition) is 0. The first kappa shape index (κ1) is 14.4. The lowest BCUT2D eigenvalue weighted by molar-refractivity contribution is 0.231. The Hall–Kier alpha value is -1.03. The van der Waals surface area contributed by atoms with Crippen molar-refractivity contribution < 1.29 is 4.74 Å². The van der Waals surface area contributed by atoms with Crippen LogP contribution in [0.3, 0.4) is 0 Å². The number of anilines is 1. The number of hydrogen-bond acceptors (Lipinski definition) is 4. The first-order valence-electron chi connectivity index (χ1n) is 7.02. The zero-order valence-electron chi connectivity index (χ0n) is 11.7. The molecule has 1 unspecified atom stereocenters. The van der Waals surface area contributed by atoms with E-state index in [1.807, 2.05) is 13.8 Å². The van der Waals surface area contributed by atoms with Crippen molar-refractivity contribution in [3.05, 3.63) is 12.4 Å². The summed E-state index contributed by atoms with van der Waals surface area (Å²) in [6.07, 6.45) is 8.39. The molecule has 1 aliphatic heterocycles. The highest BCUT2D eigenvalue weighted by Crippen LogP contribution is 2.24. The third-order valence-corrected chi connectivity index (χ3v) is 3.66. The molecule has 0 aromatic carbocycles. The molecule has 0 radical (unpaired) electrons. The summed E-state index contributed by atoms with van der Waals surface area (Å²) in [5.41, 5.74) is 0. The van der Waals surface area contributed by atoms with Gasteiger partial charge in [-0.2, -0.15) is 4.98 Å². The molecule has 1 fully saturated rings. The molecule has 0 amide bonds. The van der Waals surface area contributed by atoms with Gasteiger partial charge in [-0.05, 0) is 26.7 Å². The molecule has 0 aliphatic carbocycles. The van der Waals surface area contributed by atoms with Gasteiger partial charge in [0.1, 0.15) is 0 Å². The third kappa shape index (κ3) is 3.96. The van der Waals surface area contributed by atoms with Crippen molar-refractivity contribution in [3.8, 4) is 5.88 Å². The Morgan fingerprint density at radius 1 is 1.37 bits per heavy atom. The van der Waals surface area contributed by atoms with E-state index in [0.29, 0.717) is 17.8 Å². The predicted octanol–water partition coefficient (Wildman–Crippen LogP) is 3.25. The van der Waals surface area contributed by atoms with Gasteiger partial charge in [-0.1, -0.05) is 12.8 Å². The summed E-state index contributed by atoms with van der Waals surface area (Å²) in [7, 11) is 0. The van der Waals surface area contributed by atoms with Crippen molar-refractivity contribution >= 4 is 17.4 Å². The van der Waals surface area contributed by atoms with Crippen LogP contribution < -0.4 is 9.64 Å². The van der Waals surface area contributed by atoms with E-state index >= 15 is 0 Å². The summed E-state index contributed by atoms with van der Waals surface area (Å²) in [6.45, 7) is 4.97. The second-order valence-electron chi connectivity index (χ2n) is 5.23. The molecule has 1 aromatic rings. The molecule has 0 N–H and O–H groups in total. The summed E-state index contributed by atoms with van der Waals surface area (Å²) in [5, 5.41) is 0. The maximum atomic E-state index is 6.10. The minimum atomic E-state index is 0.109. The molecule has 2 rings (SSSR count). The number of ether oxygens (including phenoxy) is 1. The standard InChI is InChI=1S/C14H22ClN3O/c1-11(2)19-14-10-16-9-13(17-14)18-7-5-3-4-6-12(18)8-15/h9-12H,3-8H2,1-2H3. The summed E-state index contributed by atoms with van der Waals surface area (Å²) in [5.74, 6) is 2.10. The van der Waals surface area contributed by atoms with Crippen LogP contribution in [0, 0.1) is 0 Å². The largest absolute Gasteiger partial charge is 0.474 e. The van der Waals surface area contributed by atoms with Crippen LogP contribution in [0.15, 0.2) is 12.4 Å². The quantitative estimate of drug-likeness (QED) is 0.795. The number of rotatable bonds is 4. The lowest BCUT2D eigenvalue weighted by atomic mass is 10.1. The normalized spacial score (nSPS) is 20.4. The van der Waals surface area contributed by atoms with Crippen LogP contribution in [0.1, 0.15) is 39.5 Å². The minimum Gasteiger partial charge on any atom is -0.474 e. The topological polar surface area (TPSA) is 38.2 Å². The van der Waals surface area contributed by atoms with E-state index in [1.54, 1.807) is 12.4 Å². The van der Waals surface area contributed by atoms with Crippen LogP contribution in [0.4, 0.5) is 5.82 Å². The Morgan fingerprint density at radius 2 is 2.21 bits per heavy atom. The van der Waals surface area contributed by atoms with Crippen molar-refractivity contribution in [2.45, 2.75) is 51.7 Å². The molecule has 1 saturated heterocycles. The molecule has 5 heteroatoms. The van der Waals surface area contributed by atoms with E-state index in [4.69, 9.17) is 16.3 Å². The number of alkyl halides is 1. The lowest BCUT2D eigenvalue weighted by Gasteiger charge is -2.29. The minimum absolute atomic E-state index is 0.109. The highest BCUT2D eigenvalue weighted by molar-refractivity contribution is 6.18. The zero-order chi connectivity index (χ0) is 13.7. The monoisotopic (exact) mass is 283 g/mol. The zero-order valence-corrected chi connectivity index (χ0v) is 12.4. The summed E-state index contributed by atoms with van der Waals surface area (Å²) >= 11 is 6.10.